The summed E-state index contributed by atoms with van der Waals surface area (Å²) >= 11 is 4.68. The monoisotopic (exact) mass is 285 g/mol. The van der Waals surface area contributed by atoms with Crippen LogP contribution in [0.3, 0.4) is 0 Å². The molecule has 0 fully saturated rings. The van der Waals surface area contributed by atoms with Crippen LogP contribution in [0.4, 0.5) is 0 Å². The molecule has 7 heteroatoms. The topological polar surface area (TPSA) is 56.3 Å². The summed E-state index contributed by atoms with van der Waals surface area (Å²) in [5.41, 5.74) is 0. The Kier molecular flexibility index (Phi) is 3.84. The summed E-state index contributed by atoms with van der Waals surface area (Å²) in [5.74, 6) is 0. The molecule has 0 N–H and O–H groups in total. The van der Waals surface area contributed by atoms with Crippen LogP contribution in [0.5, 0.6) is 0 Å². The Morgan fingerprint density at radius 1 is 1.69 bits per heavy atom. The second-order valence-corrected chi connectivity index (χ2v) is 6.39. The van der Waals surface area contributed by atoms with Crippen LogP contribution in [-0.2, 0) is 20.7 Å². The molecule has 74 valence electrons. The number of aromatic nitrogens is 1. The highest BCUT2D eigenvalue weighted by Crippen LogP contribution is 2.18. The fourth-order valence-electron chi connectivity index (χ4n) is 0.693. The van der Waals surface area contributed by atoms with Crippen LogP contribution in [-0.4, -0.2) is 26.3 Å². The van der Waals surface area contributed by atoms with E-state index >= 15 is 0 Å². The van der Waals surface area contributed by atoms with E-state index in [4.69, 9.17) is 0 Å². The lowest BCUT2D eigenvalue weighted by Crippen LogP contribution is -2.05. The average molecular weight is 286 g/mol. The van der Waals surface area contributed by atoms with Gasteiger partial charge in [-0.15, -0.1) is 11.3 Å². The van der Waals surface area contributed by atoms with Gasteiger partial charge in [-0.1, -0.05) is 0 Å². The summed E-state index contributed by atoms with van der Waals surface area (Å²) in [7, 11) is -3.31. The van der Waals surface area contributed by atoms with Gasteiger partial charge in [0.1, 0.15) is 0 Å². The maximum atomic E-state index is 10.6. The van der Waals surface area contributed by atoms with Gasteiger partial charge in [0, 0.05) is 17.5 Å². The molecule has 4 nitrogen and oxygen atoms in total. The molecule has 0 aliphatic heterocycles. The van der Waals surface area contributed by atoms with Crippen molar-refractivity contribution in [2.75, 3.05) is 12.9 Å². The summed E-state index contributed by atoms with van der Waals surface area (Å²) < 4.78 is 26.5. The SMILES string of the molecule is CS(=O)(=O)OCCc1cnc(Br)s1. The number of nitrogens with zero attached hydrogens (tertiary/aromatic N) is 1. The number of hydrogen-bond donors (Lipinski definition) is 0. The molecule has 0 aliphatic carbocycles. The van der Waals surface area contributed by atoms with Gasteiger partial charge in [0.05, 0.1) is 12.9 Å². The van der Waals surface area contributed by atoms with Crippen molar-refractivity contribution in [3.8, 4) is 0 Å². The van der Waals surface area contributed by atoms with Crippen molar-refractivity contribution in [1.82, 2.24) is 4.98 Å². The minimum atomic E-state index is -3.31. The zero-order valence-electron chi connectivity index (χ0n) is 6.86. The van der Waals surface area contributed by atoms with E-state index in [-0.39, 0.29) is 6.61 Å². The van der Waals surface area contributed by atoms with Gasteiger partial charge in [0.25, 0.3) is 10.1 Å². The van der Waals surface area contributed by atoms with Gasteiger partial charge in [-0.25, -0.2) is 4.98 Å². The molecule has 0 spiro atoms. The normalized spacial score (nSPS) is 11.8. The minimum absolute atomic E-state index is 0.174. The predicted octanol–water partition coefficient (Wildman–Crippen LogP) is 1.42. The third kappa shape index (κ3) is 4.70. The summed E-state index contributed by atoms with van der Waals surface area (Å²) in [4.78, 5) is 4.96. The van der Waals surface area contributed by atoms with E-state index in [1.165, 1.54) is 11.3 Å². The highest BCUT2D eigenvalue weighted by atomic mass is 79.9. The largest absolute Gasteiger partial charge is 0.270 e. The van der Waals surface area contributed by atoms with Crippen LogP contribution < -0.4 is 0 Å². The highest BCUT2D eigenvalue weighted by molar-refractivity contribution is 9.11. The Balaban J connectivity index is 2.36. The Bertz CT molecular complexity index is 373. The van der Waals surface area contributed by atoms with Crippen molar-refractivity contribution in [2.24, 2.45) is 0 Å². The van der Waals surface area contributed by atoms with E-state index in [9.17, 15) is 8.42 Å². The first-order valence-electron chi connectivity index (χ1n) is 3.42. The molecule has 1 rings (SSSR count). The second-order valence-electron chi connectivity index (χ2n) is 2.36. The van der Waals surface area contributed by atoms with Crippen LogP contribution in [0.25, 0.3) is 0 Å². The first kappa shape index (κ1) is 11.1. The maximum absolute atomic E-state index is 10.6. The number of thiazole rings is 1. The Hall–Kier alpha value is 0.0200. The quantitative estimate of drug-likeness (QED) is 0.786. The summed E-state index contributed by atoms with van der Waals surface area (Å²) in [6, 6.07) is 0. The first-order chi connectivity index (χ1) is 5.97. The smallest absolute Gasteiger partial charge is 0.264 e. The predicted molar refractivity (Wildman–Crippen MR) is 54.3 cm³/mol. The number of rotatable bonds is 4. The van der Waals surface area contributed by atoms with Crippen molar-refractivity contribution in [3.05, 3.63) is 15.0 Å². The molecule has 0 unspecified atom stereocenters. The van der Waals surface area contributed by atoms with Gasteiger partial charge in [0.15, 0.2) is 3.92 Å². The fraction of sp³-hybridized carbons (Fsp3) is 0.500. The maximum Gasteiger partial charge on any atom is 0.264 e. The van der Waals surface area contributed by atoms with E-state index in [0.29, 0.717) is 6.42 Å². The third-order valence-electron chi connectivity index (χ3n) is 1.17. The van der Waals surface area contributed by atoms with Gasteiger partial charge in [-0.3, -0.25) is 4.18 Å². The molecule has 1 aromatic rings. The lowest BCUT2D eigenvalue weighted by atomic mass is 10.4. The molecular weight excluding hydrogens is 278 g/mol. The van der Waals surface area contributed by atoms with Crippen LogP contribution in [0.1, 0.15) is 4.88 Å². The molecule has 0 saturated carbocycles. The number of halogens is 1. The second kappa shape index (κ2) is 4.50. The molecule has 0 radical (unpaired) electrons. The van der Waals surface area contributed by atoms with Gasteiger partial charge < -0.3 is 0 Å². The van der Waals surface area contributed by atoms with E-state index in [1.54, 1.807) is 6.20 Å². The van der Waals surface area contributed by atoms with Crippen LogP contribution in [0.2, 0.25) is 0 Å². The lowest BCUT2D eigenvalue weighted by molar-refractivity contribution is 0.327. The third-order valence-corrected chi connectivity index (χ3v) is 3.30. The molecule has 1 heterocycles. The first-order valence-corrected chi connectivity index (χ1v) is 6.84. The summed E-state index contributed by atoms with van der Waals surface area (Å²) in [6.07, 6.45) is 3.30. The lowest BCUT2D eigenvalue weighted by Gasteiger charge is -1.97. The van der Waals surface area contributed by atoms with Gasteiger partial charge in [-0.2, -0.15) is 8.42 Å². The number of hydrogen-bond acceptors (Lipinski definition) is 5. The van der Waals surface area contributed by atoms with Crippen molar-refractivity contribution in [1.29, 1.82) is 0 Å². The molecule has 0 atom stereocenters. The zero-order chi connectivity index (χ0) is 9.90. The van der Waals surface area contributed by atoms with Crippen molar-refractivity contribution in [3.63, 3.8) is 0 Å². The van der Waals surface area contributed by atoms with E-state index in [0.717, 1.165) is 15.0 Å². The Labute approximate surface area is 89.2 Å². The molecule has 0 aliphatic rings. The van der Waals surface area contributed by atoms with Gasteiger partial charge in [0.2, 0.25) is 0 Å². The highest BCUT2D eigenvalue weighted by Gasteiger charge is 2.03. The van der Waals surface area contributed by atoms with E-state index in [1.807, 2.05) is 0 Å². The Morgan fingerprint density at radius 3 is 2.85 bits per heavy atom. The van der Waals surface area contributed by atoms with E-state index < -0.39 is 10.1 Å². The van der Waals surface area contributed by atoms with Crippen molar-refractivity contribution < 1.29 is 12.6 Å². The Morgan fingerprint density at radius 2 is 2.38 bits per heavy atom. The molecule has 0 aromatic carbocycles. The molecular formula is C6H8BrNO3S2. The fourth-order valence-corrected chi connectivity index (χ4v) is 2.42. The minimum Gasteiger partial charge on any atom is -0.270 e. The summed E-state index contributed by atoms with van der Waals surface area (Å²) in [5, 5.41) is 0. The van der Waals surface area contributed by atoms with Crippen LogP contribution in [0.15, 0.2) is 10.1 Å². The molecule has 13 heavy (non-hydrogen) atoms. The molecule has 1 aromatic heterocycles. The standard InChI is InChI=1S/C6H8BrNO3S2/c1-13(9,10)11-3-2-5-4-8-6(7)12-5/h4H,2-3H2,1H3. The molecule has 0 bridgehead atoms. The van der Waals surface area contributed by atoms with Gasteiger partial charge in [-0.05, 0) is 15.9 Å². The van der Waals surface area contributed by atoms with Gasteiger partial charge >= 0.3 is 0 Å². The van der Waals surface area contributed by atoms with Crippen LogP contribution >= 0.6 is 27.3 Å². The summed E-state index contributed by atoms with van der Waals surface area (Å²) in [6.45, 7) is 0.174. The van der Waals surface area contributed by atoms with E-state index in [2.05, 4.69) is 25.1 Å². The average Bonchev–Trinajstić information content (AvgIpc) is 2.33. The van der Waals surface area contributed by atoms with Crippen molar-refractivity contribution >= 4 is 37.4 Å². The molecule has 0 saturated heterocycles. The molecule has 0 amide bonds. The van der Waals surface area contributed by atoms with Crippen LogP contribution in [0, 0.1) is 0 Å². The zero-order valence-corrected chi connectivity index (χ0v) is 10.1. The van der Waals surface area contributed by atoms with Crippen molar-refractivity contribution in [2.45, 2.75) is 6.42 Å².